The maximum absolute atomic E-state index is 10.7. The van der Waals surface area contributed by atoms with Crippen LogP contribution in [0.2, 0.25) is 0 Å². The lowest BCUT2D eigenvalue weighted by molar-refractivity contribution is -0.110. The van der Waals surface area contributed by atoms with Crippen molar-refractivity contribution in [1.82, 2.24) is 0 Å². The molecule has 3 heteroatoms. The van der Waals surface area contributed by atoms with E-state index in [1.807, 2.05) is 19.1 Å². The van der Waals surface area contributed by atoms with Crippen LogP contribution in [0.25, 0.3) is 0 Å². The maximum Gasteiger partial charge on any atom is 0.123 e. The van der Waals surface area contributed by atoms with Gasteiger partial charge in [-0.15, -0.1) is 0 Å². The van der Waals surface area contributed by atoms with Gasteiger partial charge in [0.2, 0.25) is 0 Å². The largest absolute Gasteiger partial charge is 0.490 e. The van der Waals surface area contributed by atoms with E-state index < -0.39 is 0 Å². The van der Waals surface area contributed by atoms with Crippen molar-refractivity contribution < 1.29 is 9.53 Å². The molecule has 2 nitrogen and oxygen atoms in total. The van der Waals surface area contributed by atoms with Gasteiger partial charge in [-0.25, -0.2) is 0 Å². The quantitative estimate of drug-likeness (QED) is 0.648. The summed E-state index contributed by atoms with van der Waals surface area (Å²) >= 11 is 3.55. The summed E-state index contributed by atoms with van der Waals surface area (Å²) < 4.78 is 7.28. The second kappa shape index (κ2) is 7.98. The fraction of sp³-hybridized carbons (Fsp3) is 0.611. The van der Waals surface area contributed by atoms with Crippen molar-refractivity contribution in [2.75, 3.05) is 0 Å². The monoisotopic (exact) mass is 352 g/mol. The van der Waals surface area contributed by atoms with E-state index in [1.165, 1.54) is 24.8 Å². The van der Waals surface area contributed by atoms with E-state index in [-0.39, 0.29) is 5.92 Å². The van der Waals surface area contributed by atoms with E-state index >= 15 is 0 Å². The molecule has 1 atom stereocenters. The van der Waals surface area contributed by atoms with Gasteiger partial charge < -0.3 is 9.53 Å². The summed E-state index contributed by atoms with van der Waals surface area (Å²) in [4.78, 5) is 10.7. The molecule has 1 saturated carbocycles. The lowest BCUT2D eigenvalue weighted by Gasteiger charge is -2.29. The van der Waals surface area contributed by atoms with Crippen LogP contribution in [-0.4, -0.2) is 12.4 Å². The first-order chi connectivity index (χ1) is 10.1. The van der Waals surface area contributed by atoms with E-state index in [1.54, 1.807) is 0 Å². The number of aldehydes is 1. The molecule has 2 rings (SSSR count). The van der Waals surface area contributed by atoms with Gasteiger partial charge in [0, 0.05) is 16.0 Å². The van der Waals surface area contributed by atoms with E-state index in [0.717, 1.165) is 41.7 Å². The fourth-order valence-corrected chi connectivity index (χ4v) is 3.35. The van der Waals surface area contributed by atoms with Crippen molar-refractivity contribution >= 4 is 22.2 Å². The first-order valence-corrected chi connectivity index (χ1v) is 8.76. The summed E-state index contributed by atoms with van der Waals surface area (Å²) in [6.45, 7) is 4.10. The fourth-order valence-electron chi connectivity index (χ4n) is 3.00. The van der Waals surface area contributed by atoms with Crippen molar-refractivity contribution in [3.8, 4) is 5.75 Å². The molecule has 116 valence electrons. The third-order valence-electron chi connectivity index (χ3n) is 4.57. The molecule has 0 N–H and O–H groups in total. The highest BCUT2D eigenvalue weighted by molar-refractivity contribution is 9.10. The number of rotatable bonds is 6. The molecule has 1 fully saturated rings. The number of carbonyl (C=O) groups is 1. The molecule has 0 saturated heterocycles. The molecule has 21 heavy (non-hydrogen) atoms. The molecule has 0 radical (unpaired) electrons. The normalized spacial score (nSPS) is 23.6. The van der Waals surface area contributed by atoms with Crippen LogP contribution in [0.15, 0.2) is 22.7 Å². The van der Waals surface area contributed by atoms with Gasteiger partial charge in [0.05, 0.1) is 6.10 Å². The topological polar surface area (TPSA) is 26.3 Å². The summed E-state index contributed by atoms with van der Waals surface area (Å²) in [6, 6.07) is 6.13. The SMILES string of the molecule is Cc1c(Br)cccc1OC1CCC(CC[C@@H](C)C=O)CC1. The molecular formula is C18H25BrO2. The smallest absolute Gasteiger partial charge is 0.123 e. The Labute approximate surface area is 136 Å². The van der Waals surface area contributed by atoms with E-state index in [2.05, 4.69) is 28.9 Å². The number of hydrogen-bond donors (Lipinski definition) is 0. The number of carbonyl (C=O) groups excluding carboxylic acids is 1. The Morgan fingerprint density at radius 3 is 2.71 bits per heavy atom. The van der Waals surface area contributed by atoms with Crippen LogP contribution in [-0.2, 0) is 4.79 Å². The third kappa shape index (κ3) is 4.84. The van der Waals surface area contributed by atoms with Gasteiger partial charge >= 0.3 is 0 Å². The molecule has 0 unspecified atom stereocenters. The maximum atomic E-state index is 10.7. The first-order valence-electron chi connectivity index (χ1n) is 7.97. The Kier molecular flexibility index (Phi) is 6.28. The van der Waals surface area contributed by atoms with Crippen LogP contribution in [0.5, 0.6) is 5.75 Å². The first kappa shape index (κ1) is 16.5. The Morgan fingerprint density at radius 1 is 1.33 bits per heavy atom. The minimum Gasteiger partial charge on any atom is -0.490 e. The lowest BCUT2D eigenvalue weighted by atomic mass is 9.83. The van der Waals surface area contributed by atoms with Gasteiger partial charge in [-0.2, -0.15) is 0 Å². The predicted octanol–water partition coefficient (Wildman–Crippen LogP) is 5.31. The van der Waals surface area contributed by atoms with Crippen LogP contribution in [0, 0.1) is 18.8 Å². The molecule has 1 aromatic carbocycles. The minimum absolute atomic E-state index is 0.211. The summed E-state index contributed by atoms with van der Waals surface area (Å²) in [5.41, 5.74) is 1.18. The van der Waals surface area contributed by atoms with Crippen molar-refractivity contribution in [2.24, 2.45) is 11.8 Å². The zero-order valence-corrected chi connectivity index (χ0v) is 14.6. The predicted molar refractivity (Wildman–Crippen MR) is 89.7 cm³/mol. The van der Waals surface area contributed by atoms with E-state index in [4.69, 9.17) is 4.74 Å². The molecule has 0 aliphatic heterocycles. The van der Waals surface area contributed by atoms with Gasteiger partial charge in [0.15, 0.2) is 0 Å². The average Bonchev–Trinajstić information content (AvgIpc) is 2.51. The van der Waals surface area contributed by atoms with E-state index in [9.17, 15) is 4.79 Å². The zero-order chi connectivity index (χ0) is 15.2. The Balaban J connectivity index is 1.79. The van der Waals surface area contributed by atoms with Gasteiger partial charge in [0.25, 0.3) is 0 Å². The summed E-state index contributed by atoms with van der Waals surface area (Å²) in [5, 5.41) is 0. The van der Waals surface area contributed by atoms with Crippen molar-refractivity contribution in [2.45, 2.75) is 58.5 Å². The number of ether oxygens (including phenoxy) is 1. The molecule has 0 bridgehead atoms. The van der Waals surface area contributed by atoms with Crippen molar-refractivity contribution in [1.29, 1.82) is 0 Å². The zero-order valence-electron chi connectivity index (χ0n) is 13.0. The average molecular weight is 353 g/mol. The van der Waals surface area contributed by atoms with Crippen molar-refractivity contribution in [3.63, 3.8) is 0 Å². The standard InChI is InChI=1S/C18H25BrO2/c1-13(12-20)6-7-15-8-10-16(11-9-15)21-18-5-3-4-17(19)14(18)2/h3-5,12-13,15-16H,6-11H2,1-2H3/t13-,15?,16?/m1/s1. The Morgan fingerprint density at radius 2 is 2.05 bits per heavy atom. The van der Waals surface area contributed by atoms with Crippen molar-refractivity contribution in [3.05, 3.63) is 28.2 Å². The summed E-state index contributed by atoms with van der Waals surface area (Å²) in [5.74, 6) is 1.99. The highest BCUT2D eigenvalue weighted by atomic mass is 79.9. The van der Waals surface area contributed by atoms with Gasteiger partial charge in [0.1, 0.15) is 12.0 Å². The van der Waals surface area contributed by atoms with Crippen LogP contribution in [0.1, 0.15) is 51.0 Å². The molecule has 1 aliphatic rings. The second-order valence-electron chi connectivity index (χ2n) is 6.31. The molecular weight excluding hydrogens is 328 g/mol. The third-order valence-corrected chi connectivity index (χ3v) is 5.43. The second-order valence-corrected chi connectivity index (χ2v) is 7.17. The molecule has 0 spiro atoms. The summed E-state index contributed by atoms with van der Waals surface area (Å²) in [7, 11) is 0. The molecule has 1 aliphatic carbocycles. The highest BCUT2D eigenvalue weighted by Gasteiger charge is 2.23. The van der Waals surface area contributed by atoms with Gasteiger partial charge in [-0.3, -0.25) is 0 Å². The number of benzene rings is 1. The highest BCUT2D eigenvalue weighted by Crippen LogP contribution is 2.33. The van der Waals surface area contributed by atoms with E-state index in [0.29, 0.717) is 6.10 Å². The Bertz CT molecular complexity index is 464. The van der Waals surface area contributed by atoms with Crippen LogP contribution in [0.3, 0.4) is 0 Å². The molecule has 0 aromatic heterocycles. The number of halogens is 1. The molecule has 1 aromatic rings. The minimum atomic E-state index is 0.211. The number of hydrogen-bond acceptors (Lipinski definition) is 2. The van der Waals surface area contributed by atoms with Crippen LogP contribution < -0.4 is 4.74 Å². The van der Waals surface area contributed by atoms with Crippen LogP contribution in [0.4, 0.5) is 0 Å². The lowest BCUT2D eigenvalue weighted by Crippen LogP contribution is -2.24. The van der Waals surface area contributed by atoms with Crippen LogP contribution >= 0.6 is 15.9 Å². The summed E-state index contributed by atoms with van der Waals surface area (Å²) in [6.07, 6.45) is 8.35. The Hall–Kier alpha value is -0.830. The molecule has 0 heterocycles. The van der Waals surface area contributed by atoms with Gasteiger partial charge in [-0.05, 0) is 63.5 Å². The molecule has 0 amide bonds. The van der Waals surface area contributed by atoms with Gasteiger partial charge in [-0.1, -0.05) is 28.9 Å².